The number of carbonyl (C=O) groups is 2. The number of phenolic OH excluding ortho intramolecular Hbond substituents is 1. The first kappa shape index (κ1) is 21.3. The van der Waals surface area contributed by atoms with Crippen LogP contribution in [0.1, 0.15) is 51.0 Å². The topological polar surface area (TPSA) is 88.1 Å². The van der Waals surface area contributed by atoms with Crippen LogP contribution in [0.2, 0.25) is 0 Å². The van der Waals surface area contributed by atoms with E-state index in [1.54, 1.807) is 23.1 Å². The summed E-state index contributed by atoms with van der Waals surface area (Å²) in [7, 11) is 1.49. The van der Waals surface area contributed by atoms with Gasteiger partial charge in [-0.05, 0) is 62.1 Å². The molecule has 0 aromatic heterocycles. The SMILES string of the molecule is COc1cc(CNC(=O)C2CCN(C(=O)OC3CCC(C)CC3)CC2)ccc1O. The van der Waals surface area contributed by atoms with Crippen LogP contribution in [0.4, 0.5) is 4.79 Å². The number of benzene rings is 1. The molecule has 160 valence electrons. The summed E-state index contributed by atoms with van der Waals surface area (Å²) in [6.45, 7) is 3.71. The van der Waals surface area contributed by atoms with Gasteiger partial charge in [-0.1, -0.05) is 13.0 Å². The molecule has 1 aliphatic heterocycles. The molecule has 2 amide bonds. The predicted octanol–water partition coefficient (Wildman–Crippen LogP) is 3.44. The fraction of sp³-hybridized carbons (Fsp3) is 0.636. The molecule has 2 aliphatic rings. The van der Waals surface area contributed by atoms with Crippen molar-refractivity contribution in [2.24, 2.45) is 11.8 Å². The van der Waals surface area contributed by atoms with Crippen LogP contribution in [-0.2, 0) is 16.1 Å². The number of aromatic hydroxyl groups is 1. The molecule has 1 saturated carbocycles. The number of nitrogens with zero attached hydrogens (tertiary/aromatic N) is 1. The van der Waals surface area contributed by atoms with Crippen molar-refractivity contribution in [2.45, 2.75) is 58.1 Å². The minimum atomic E-state index is -0.236. The van der Waals surface area contributed by atoms with Gasteiger partial charge in [0, 0.05) is 25.6 Å². The Morgan fingerprint density at radius 2 is 1.83 bits per heavy atom. The van der Waals surface area contributed by atoms with E-state index in [4.69, 9.17) is 9.47 Å². The van der Waals surface area contributed by atoms with Gasteiger partial charge in [0.15, 0.2) is 11.5 Å². The van der Waals surface area contributed by atoms with Crippen LogP contribution in [0.25, 0.3) is 0 Å². The van der Waals surface area contributed by atoms with E-state index in [1.807, 2.05) is 0 Å². The number of methoxy groups -OCH3 is 1. The van der Waals surface area contributed by atoms with E-state index in [9.17, 15) is 14.7 Å². The zero-order chi connectivity index (χ0) is 20.8. The van der Waals surface area contributed by atoms with Gasteiger partial charge < -0.3 is 24.8 Å². The third-order valence-electron chi connectivity index (χ3n) is 6.07. The second-order valence-electron chi connectivity index (χ2n) is 8.25. The van der Waals surface area contributed by atoms with Crippen LogP contribution >= 0.6 is 0 Å². The number of ether oxygens (including phenoxy) is 2. The number of amides is 2. The third-order valence-corrected chi connectivity index (χ3v) is 6.07. The number of phenols is 1. The summed E-state index contributed by atoms with van der Waals surface area (Å²) in [4.78, 5) is 26.6. The first-order valence-corrected chi connectivity index (χ1v) is 10.6. The van der Waals surface area contributed by atoms with E-state index in [2.05, 4.69) is 12.2 Å². The van der Waals surface area contributed by atoms with Crippen molar-refractivity contribution in [3.05, 3.63) is 23.8 Å². The second-order valence-corrected chi connectivity index (χ2v) is 8.25. The zero-order valence-electron chi connectivity index (χ0n) is 17.4. The van der Waals surface area contributed by atoms with Crippen molar-refractivity contribution in [2.75, 3.05) is 20.2 Å². The first-order valence-electron chi connectivity index (χ1n) is 10.6. The number of rotatable bonds is 5. The standard InChI is InChI=1S/C22H32N2O5/c1-15-3-6-18(7-4-15)29-22(27)24-11-9-17(10-12-24)21(26)23-14-16-5-8-19(25)20(13-16)28-2/h5,8,13,15,17-18,25H,3-4,6-7,9-12,14H2,1-2H3,(H,23,26). The molecule has 1 aromatic rings. The van der Waals surface area contributed by atoms with Gasteiger partial charge in [-0.15, -0.1) is 0 Å². The summed E-state index contributed by atoms with van der Waals surface area (Å²) < 4.78 is 10.8. The Hall–Kier alpha value is -2.44. The normalized spacial score (nSPS) is 22.8. The summed E-state index contributed by atoms with van der Waals surface area (Å²) in [5.41, 5.74) is 0.857. The van der Waals surface area contributed by atoms with Crippen molar-refractivity contribution in [3.63, 3.8) is 0 Å². The molecule has 3 rings (SSSR count). The number of hydrogen-bond donors (Lipinski definition) is 2. The molecule has 2 fully saturated rings. The molecule has 1 aliphatic carbocycles. The minimum absolute atomic E-state index is 0.00803. The quantitative estimate of drug-likeness (QED) is 0.785. The minimum Gasteiger partial charge on any atom is -0.504 e. The van der Waals surface area contributed by atoms with Crippen molar-refractivity contribution < 1.29 is 24.2 Å². The summed E-state index contributed by atoms with van der Waals surface area (Å²) in [5.74, 6) is 1.07. The third kappa shape index (κ3) is 5.78. The van der Waals surface area contributed by atoms with Crippen molar-refractivity contribution in [1.82, 2.24) is 10.2 Å². The lowest BCUT2D eigenvalue weighted by atomic mass is 9.89. The molecule has 29 heavy (non-hydrogen) atoms. The van der Waals surface area contributed by atoms with Crippen LogP contribution in [0.15, 0.2) is 18.2 Å². The van der Waals surface area contributed by atoms with Crippen LogP contribution < -0.4 is 10.1 Å². The molecule has 1 aromatic carbocycles. The molecule has 7 heteroatoms. The van der Waals surface area contributed by atoms with Gasteiger partial charge in [0.1, 0.15) is 6.10 Å². The molecule has 1 heterocycles. The average Bonchev–Trinajstić information content (AvgIpc) is 2.74. The van der Waals surface area contributed by atoms with Crippen molar-refractivity contribution in [1.29, 1.82) is 0 Å². The van der Waals surface area contributed by atoms with Gasteiger partial charge in [0.2, 0.25) is 5.91 Å². The van der Waals surface area contributed by atoms with Gasteiger partial charge in [0.25, 0.3) is 0 Å². The van der Waals surface area contributed by atoms with E-state index in [-0.39, 0.29) is 29.8 Å². The highest BCUT2D eigenvalue weighted by Crippen LogP contribution is 2.28. The number of hydrogen-bond acceptors (Lipinski definition) is 5. The lowest BCUT2D eigenvalue weighted by molar-refractivity contribution is -0.126. The maximum absolute atomic E-state index is 12.5. The van der Waals surface area contributed by atoms with Gasteiger partial charge in [0.05, 0.1) is 7.11 Å². The predicted molar refractivity (Wildman–Crippen MR) is 109 cm³/mol. The molecular formula is C22H32N2O5. The molecule has 0 bridgehead atoms. The molecule has 7 nitrogen and oxygen atoms in total. The summed E-state index contributed by atoms with van der Waals surface area (Å²) in [5, 5.41) is 12.6. The van der Waals surface area contributed by atoms with Gasteiger partial charge in [-0.2, -0.15) is 0 Å². The van der Waals surface area contributed by atoms with E-state index >= 15 is 0 Å². The molecule has 0 radical (unpaired) electrons. The van der Waals surface area contributed by atoms with Crippen LogP contribution in [-0.4, -0.2) is 48.3 Å². The molecule has 0 atom stereocenters. The van der Waals surface area contributed by atoms with Crippen molar-refractivity contribution in [3.8, 4) is 11.5 Å². The average molecular weight is 405 g/mol. The maximum Gasteiger partial charge on any atom is 0.410 e. The number of nitrogens with one attached hydrogen (secondary N) is 1. The highest BCUT2D eigenvalue weighted by Gasteiger charge is 2.30. The molecule has 0 unspecified atom stereocenters. The van der Waals surface area contributed by atoms with Crippen LogP contribution in [0.3, 0.4) is 0 Å². The van der Waals surface area contributed by atoms with Gasteiger partial charge in [-0.3, -0.25) is 4.79 Å². The maximum atomic E-state index is 12.5. The monoisotopic (exact) mass is 404 g/mol. The Labute approximate surface area is 172 Å². The number of piperidine rings is 1. The summed E-state index contributed by atoms with van der Waals surface area (Å²) >= 11 is 0. The fourth-order valence-electron chi connectivity index (χ4n) is 4.05. The van der Waals surface area contributed by atoms with Gasteiger partial charge >= 0.3 is 6.09 Å². The Morgan fingerprint density at radius 3 is 2.48 bits per heavy atom. The number of likely N-dealkylation sites (tertiary alicyclic amines) is 1. The zero-order valence-corrected chi connectivity index (χ0v) is 17.4. The largest absolute Gasteiger partial charge is 0.504 e. The van der Waals surface area contributed by atoms with Gasteiger partial charge in [-0.25, -0.2) is 4.79 Å². The van der Waals surface area contributed by atoms with E-state index in [1.165, 1.54) is 7.11 Å². The lowest BCUT2D eigenvalue weighted by Crippen LogP contribution is -2.44. The Kier molecular flexibility index (Phi) is 7.23. The Balaban J connectivity index is 1.40. The summed E-state index contributed by atoms with van der Waals surface area (Å²) in [6.07, 6.45) is 5.23. The fourth-order valence-corrected chi connectivity index (χ4v) is 4.05. The summed E-state index contributed by atoms with van der Waals surface area (Å²) in [6, 6.07) is 5.01. The molecule has 2 N–H and O–H groups in total. The van der Waals surface area contributed by atoms with Crippen LogP contribution in [0.5, 0.6) is 11.5 Å². The van der Waals surface area contributed by atoms with Crippen LogP contribution in [0, 0.1) is 11.8 Å². The number of carbonyl (C=O) groups excluding carboxylic acids is 2. The molecular weight excluding hydrogens is 372 g/mol. The van der Waals surface area contributed by atoms with E-state index in [0.29, 0.717) is 38.2 Å². The first-order chi connectivity index (χ1) is 14.0. The smallest absolute Gasteiger partial charge is 0.410 e. The second kappa shape index (κ2) is 9.85. The highest BCUT2D eigenvalue weighted by molar-refractivity contribution is 5.79. The Bertz CT molecular complexity index is 707. The van der Waals surface area contributed by atoms with E-state index < -0.39 is 0 Å². The van der Waals surface area contributed by atoms with E-state index in [0.717, 1.165) is 37.2 Å². The lowest BCUT2D eigenvalue weighted by Gasteiger charge is -2.33. The Morgan fingerprint density at radius 1 is 1.14 bits per heavy atom. The molecule has 0 spiro atoms. The molecule has 1 saturated heterocycles. The highest BCUT2D eigenvalue weighted by atomic mass is 16.6. The van der Waals surface area contributed by atoms with Crippen molar-refractivity contribution >= 4 is 12.0 Å².